The molecule has 2 aromatic carbocycles. The van der Waals surface area contributed by atoms with Crippen molar-refractivity contribution in [3.05, 3.63) is 59.7 Å². The molecule has 0 amide bonds. The van der Waals surface area contributed by atoms with Gasteiger partial charge in [-0.1, -0.05) is 36.4 Å². The Labute approximate surface area is 159 Å². The van der Waals surface area contributed by atoms with E-state index in [4.69, 9.17) is 24.3 Å². The predicted octanol–water partition coefficient (Wildman–Crippen LogP) is 3.22. The quantitative estimate of drug-likeness (QED) is 0.564. The van der Waals surface area contributed by atoms with E-state index in [2.05, 4.69) is 0 Å². The number of hydrogen-bond acceptors (Lipinski definition) is 6. The third-order valence-corrected chi connectivity index (χ3v) is 4.69. The molecule has 0 heterocycles. The molecule has 8 heteroatoms. The van der Waals surface area contributed by atoms with Crippen LogP contribution in [0.25, 0.3) is 0 Å². The topological polar surface area (TPSA) is 100 Å². The second-order valence-corrected chi connectivity index (χ2v) is 7.42. The highest BCUT2D eigenvalue weighted by atomic mass is 31.2. The van der Waals surface area contributed by atoms with E-state index in [-0.39, 0.29) is 26.4 Å². The summed E-state index contributed by atoms with van der Waals surface area (Å²) in [7, 11) is -4.20. The number of aryl methyl sites for hydroxylation is 2. The summed E-state index contributed by atoms with van der Waals surface area (Å²) in [5.74, 6) is 1.36. The van der Waals surface area contributed by atoms with E-state index in [1.807, 2.05) is 62.4 Å². The maximum absolute atomic E-state index is 11.9. The average molecular weight is 395 g/mol. The maximum Gasteiger partial charge on any atom is 0.472 e. The first kappa shape index (κ1) is 21.4. The van der Waals surface area contributed by atoms with E-state index in [1.165, 1.54) is 0 Å². The van der Waals surface area contributed by atoms with Crippen molar-refractivity contribution in [2.45, 2.75) is 20.0 Å². The Morgan fingerprint density at radius 1 is 0.963 bits per heavy atom. The lowest BCUT2D eigenvalue weighted by atomic mass is 10.2. The minimum Gasteiger partial charge on any atom is -0.489 e. The van der Waals surface area contributed by atoms with Crippen molar-refractivity contribution in [1.82, 2.24) is 0 Å². The van der Waals surface area contributed by atoms with E-state index in [9.17, 15) is 9.46 Å². The van der Waals surface area contributed by atoms with Crippen molar-refractivity contribution in [3.8, 4) is 11.5 Å². The summed E-state index contributed by atoms with van der Waals surface area (Å²) >= 11 is 0. The van der Waals surface area contributed by atoms with Crippen LogP contribution in [-0.2, 0) is 13.6 Å². The zero-order valence-corrected chi connectivity index (χ0v) is 16.4. The molecular weight excluding hydrogens is 369 g/mol. The maximum atomic E-state index is 11.9. The van der Waals surface area contributed by atoms with E-state index in [1.54, 1.807) is 0 Å². The van der Waals surface area contributed by atoms with Crippen LogP contribution < -0.4 is 15.2 Å². The van der Waals surface area contributed by atoms with E-state index in [0.717, 1.165) is 11.1 Å². The summed E-state index contributed by atoms with van der Waals surface area (Å²) in [6.45, 7) is 3.85. The van der Waals surface area contributed by atoms with Gasteiger partial charge in [-0.2, -0.15) is 0 Å². The normalized spacial score (nSPS) is 14.4. The fourth-order valence-electron chi connectivity index (χ4n) is 2.27. The average Bonchev–Trinajstić information content (AvgIpc) is 2.65. The first-order chi connectivity index (χ1) is 12.9. The minimum atomic E-state index is -4.20. The van der Waals surface area contributed by atoms with Gasteiger partial charge in [0.05, 0.1) is 13.2 Å². The van der Waals surface area contributed by atoms with Crippen LogP contribution in [0.5, 0.6) is 11.5 Å². The molecular formula is C19H26NO6P. The fourth-order valence-corrected chi connectivity index (χ4v) is 3.03. The van der Waals surface area contributed by atoms with Crippen LogP contribution in [0.2, 0.25) is 0 Å². The van der Waals surface area contributed by atoms with Crippen molar-refractivity contribution in [3.63, 3.8) is 0 Å². The van der Waals surface area contributed by atoms with Crippen LogP contribution in [0, 0.1) is 13.8 Å². The molecule has 2 aromatic rings. The van der Waals surface area contributed by atoms with Crippen LogP contribution in [0.4, 0.5) is 0 Å². The molecule has 3 N–H and O–H groups in total. The van der Waals surface area contributed by atoms with Crippen molar-refractivity contribution in [1.29, 1.82) is 0 Å². The molecule has 2 unspecified atom stereocenters. The largest absolute Gasteiger partial charge is 0.489 e. The third kappa shape index (κ3) is 7.33. The predicted molar refractivity (Wildman–Crippen MR) is 103 cm³/mol. The van der Waals surface area contributed by atoms with Gasteiger partial charge in [-0.05, 0) is 37.1 Å². The Kier molecular flexibility index (Phi) is 8.28. The van der Waals surface area contributed by atoms with Gasteiger partial charge in [0.2, 0.25) is 0 Å². The van der Waals surface area contributed by atoms with Gasteiger partial charge in [0.25, 0.3) is 0 Å². The summed E-state index contributed by atoms with van der Waals surface area (Å²) in [5, 5.41) is 0. The Bertz CT molecular complexity index is 769. The molecule has 27 heavy (non-hydrogen) atoms. The lowest BCUT2D eigenvalue weighted by molar-refractivity contribution is 0.0581. The van der Waals surface area contributed by atoms with Gasteiger partial charge in [-0.3, -0.25) is 9.05 Å². The van der Waals surface area contributed by atoms with Crippen molar-refractivity contribution < 1.29 is 28.0 Å². The highest BCUT2D eigenvalue weighted by molar-refractivity contribution is 7.47. The van der Waals surface area contributed by atoms with Crippen LogP contribution in [0.1, 0.15) is 11.1 Å². The summed E-state index contributed by atoms with van der Waals surface area (Å²) in [5.41, 5.74) is 7.19. The van der Waals surface area contributed by atoms with E-state index in [0.29, 0.717) is 11.5 Å². The molecule has 0 saturated carbocycles. The standard InChI is InChI=1S/C19H26NO6P/c1-15-7-3-5-9-18(15)23-13-17(14-25-27(21,22)24-12-11-20)26-19-10-6-4-8-16(19)2/h3-10,17H,11-14,20H2,1-2H3,(H,21,22). The molecule has 2 rings (SSSR count). The van der Waals surface area contributed by atoms with Crippen LogP contribution >= 0.6 is 7.82 Å². The molecule has 0 aliphatic rings. The Hall–Kier alpha value is -1.89. The summed E-state index contributed by atoms with van der Waals surface area (Å²) < 4.78 is 33.5. The SMILES string of the molecule is Cc1ccccc1OCC(COP(=O)(O)OCCN)Oc1ccccc1C. The third-order valence-electron chi connectivity index (χ3n) is 3.70. The molecule has 0 aliphatic carbocycles. The van der Waals surface area contributed by atoms with Gasteiger partial charge in [-0.25, -0.2) is 4.57 Å². The Morgan fingerprint density at radius 2 is 1.56 bits per heavy atom. The van der Waals surface area contributed by atoms with Crippen LogP contribution in [0.3, 0.4) is 0 Å². The molecule has 0 saturated heterocycles. The van der Waals surface area contributed by atoms with Gasteiger partial charge in [0, 0.05) is 6.54 Å². The Balaban J connectivity index is 2.04. The second kappa shape index (κ2) is 10.4. The molecule has 0 fully saturated rings. The number of benzene rings is 2. The lowest BCUT2D eigenvalue weighted by Crippen LogP contribution is -2.30. The number of phosphoric acid groups is 1. The zero-order chi connectivity index (χ0) is 19.7. The molecule has 148 valence electrons. The van der Waals surface area contributed by atoms with Crippen LogP contribution in [-0.4, -0.2) is 37.4 Å². The van der Waals surface area contributed by atoms with Gasteiger partial charge >= 0.3 is 7.82 Å². The number of rotatable bonds is 11. The summed E-state index contributed by atoms with van der Waals surface area (Å²) in [4.78, 5) is 9.70. The van der Waals surface area contributed by atoms with Crippen LogP contribution in [0.15, 0.2) is 48.5 Å². The number of hydrogen-bond donors (Lipinski definition) is 2. The minimum absolute atomic E-state index is 0.0726. The number of nitrogens with two attached hydrogens (primary N) is 1. The molecule has 0 spiro atoms. The monoisotopic (exact) mass is 395 g/mol. The fraction of sp³-hybridized carbons (Fsp3) is 0.368. The Morgan fingerprint density at radius 3 is 2.15 bits per heavy atom. The number of para-hydroxylation sites is 2. The van der Waals surface area contributed by atoms with E-state index < -0.39 is 13.9 Å². The number of phosphoric ester groups is 1. The number of ether oxygens (including phenoxy) is 2. The highest BCUT2D eigenvalue weighted by Gasteiger charge is 2.24. The van der Waals surface area contributed by atoms with Gasteiger partial charge < -0.3 is 20.1 Å². The van der Waals surface area contributed by atoms with Crippen molar-refractivity contribution >= 4 is 7.82 Å². The van der Waals surface area contributed by atoms with Gasteiger partial charge in [0.1, 0.15) is 18.1 Å². The van der Waals surface area contributed by atoms with Crippen molar-refractivity contribution in [2.24, 2.45) is 5.73 Å². The zero-order valence-electron chi connectivity index (χ0n) is 15.5. The smallest absolute Gasteiger partial charge is 0.472 e. The van der Waals surface area contributed by atoms with Crippen molar-refractivity contribution in [2.75, 3.05) is 26.4 Å². The summed E-state index contributed by atoms with van der Waals surface area (Å²) in [6, 6.07) is 15.1. The molecule has 2 atom stereocenters. The first-order valence-electron chi connectivity index (χ1n) is 8.64. The molecule has 0 radical (unpaired) electrons. The summed E-state index contributed by atoms with van der Waals surface area (Å²) in [6.07, 6.45) is -0.618. The molecule has 0 bridgehead atoms. The molecule has 7 nitrogen and oxygen atoms in total. The first-order valence-corrected chi connectivity index (χ1v) is 10.1. The van der Waals surface area contributed by atoms with Gasteiger partial charge in [0.15, 0.2) is 6.10 Å². The molecule has 0 aliphatic heterocycles. The molecule has 0 aromatic heterocycles. The second-order valence-electron chi connectivity index (χ2n) is 5.97. The van der Waals surface area contributed by atoms with Gasteiger partial charge in [-0.15, -0.1) is 0 Å². The lowest BCUT2D eigenvalue weighted by Gasteiger charge is -2.22. The van der Waals surface area contributed by atoms with E-state index >= 15 is 0 Å². The highest BCUT2D eigenvalue weighted by Crippen LogP contribution is 2.43.